The first-order valence-electron chi connectivity index (χ1n) is 7.18. The maximum atomic E-state index is 3.71. The van der Waals surface area contributed by atoms with E-state index in [0.717, 1.165) is 19.4 Å². The van der Waals surface area contributed by atoms with Crippen LogP contribution in [-0.4, -0.2) is 6.54 Å². The van der Waals surface area contributed by atoms with Crippen LogP contribution in [0.3, 0.4) is 0 Å². The summed E-state index contributed by atoms with van der Waals surface area (Å²) >= 11 is 1.89. The average molecular weight is 273 g/mol. The number of thiophene rings is 1. The van der Waals surface area contributed by atoms with Crippen molar-refractivity contribution in [3.8, 4) is 0 Å². The Kier molecular flexibility index (Phi) is 5.62. The van der Waals surface area contributed by atoms with E-state index in [-0.39, 0.29) is 0 Å². The minimum Gasteiger partial charge on any atom is -0.309 e. The molecule has 1 aromatic heterocycles. The molecule has 2 rings (SSSR count). The summed E-state index contributed by atoms with van der Waals surface area (Å²) in [4.78, 5) is 1.51. The molecular formula is C17H23NS. The Morgan fingerprint density at radius 2 is 1.89 bits per heavy atom. The van der Waals surface area contributed by atoms with Gasteiger partial charge in [0.15, 0.2) is 0 Å². The molecule has 1 unspecified atom stereocenters. The molecule has 2 aromatic rings. The van der Waals surface area contributed by atoms with E-state index in [9.17, 15) is 0 Å². The summed E-state index contributed by atoms with van der Waals surface area (Å²) in [6.07, 6.45) is 3.38. The fourth-order valence-electron chi connectivity index (χ4n) is 2.37. The standard InChI is InChI=1S/C17H23NS/c1-3-11-18-16(13-14-8-6-5-7-9-14)17-15(4-2)10-12-19-17/h5-10,12,16,18H,3-4,11,13H2,1-2H3. The van der Waals surface area contributed by atoms with Crippen molar-refractivity contribution >= 4 is 11.3 Å². The average Bonchev–Trinajstić information content (AvgIpc) is 2.93. The molecule has 1 heterocycles. The van der Waals surface area contributed by atoms with Crippen LogP contribution in [0.5, 0.6) is 0 Å². The van der Waals surface area contributed by atoms with Crippen LogP contribution in [-0.2, 0) is 12.8 Å². The molecule has 0 fully saturated rings. The maximum Gasteiger partial charge on any atom is 0.0458 e. The van der Waals surface area contributed by atoms with Crippen molar-refractivity contribution in [1.82, 2.24) is 5.32 Å². The van der Waals surface area contributed by atoms with E-state index in [1.807, 2.05) is 11.3 Å². The number of hydrogen-bond donors (Lipinski definition) is 1. The van der Waals surface area contributed by atoms with Gasteiger partial charge in [-0.15, -0.1) is 11.3 Å². The number of nitrogens with one attached hydrogen (secondary N) is 1. The minimum absolute atomic E-state index is 0.456. The largest absolute Gasteiger partial charge is 0.309 e. The van der Waals surface area contributed by atoms with Gasteiger partial charge in [-0.1, -0.05) is 44.2 Å². The Balaban J connectivity index is 2.16. The third kappa shape index (κ3) is 3.92. The Labute approximate surface area is 120 Å². The summed E-state index contributed by atoms with van der Waals surface area (Å²) in [5.41, 5.74) is 2.90. The lowest BCUT2D eigenvalue weighted by Gasteiger charge is -2.19. The van der Waals surface area contributed by atoms with Crippen molar-refractivity contribution in [2.24, 2.45) is 0 Å². The van der Waals surface area contributed by atoms with Crippen molar-refractivity contribution in [1.29, 1.82) is 0 Å². The number of aryl methyl sites for hydroxylation is 1. The van der Waals surface area contributed by atoms with Crippen LogP contribution in [0.15, 0.2) is 41.8 Å². The minimum atomic E-state index is 0.456. The molecule has 102 valence electrons. The normalized spacial score (nSPS) is 12.5. The van der Waals surface area contributed by atoms with Crippen LogP contribution >= 0.6 is 11.3 Å². The van der Waals surface area contributed by atoms with Gasteiger partial charge in [-0.2, -0.15) is 0 Å². The monoisotopic (exact) mass is 273 g/mol. The topological polar surface area (TPSA) is 12.0 Å². The smallest absolute Gasteiger partial charge is 0.0458 e. The van der Waals surface area contributed by atoms with Crippen molar-refractivity contribution in [3.63, 3.8) is 0 Å². The highest BCUT2D eigenvalue weighted by molar-refractivity contribution is 7.10. The fourth-order valence-corrected chi connectivity index (χ4v) is 3.44. The SMILES string of the molecule is CCCNC(Cc1ccccc1)c1sccc1CC. The predicted octanol–water partition coefficient (Wildman–Crippen LogP) is 4.59. The summed E-state index contributed by atoms with van der Waals surface area (Å²) in [6.45, 7) is 5.55. The molecule has 2 heteroatoms. The van der Waals surface area contributed by atoms with Crippen LogP contribution in [0, 0.1) is 0 Å². The Morgan fingerprint density at radius 1 is 1.11 bits per heavy atom. The zero-order chi connectivity index (χ0) is 13.5. The second-order valence-electron chi connectivity index (χ2n) is 4.86. The van der Waals surface area contributed by atoms with Gasteiger partial charge in [0, 0.05) is 10.9 Å². The van der Waals surface area contributed by atoms with Crippen molar-refractivity contribution in [2.45, 2.75) is 39.2 Å². The van der Waals surface area contributed by atoms with Crippen LogP contribution in [0.2, 0.25) is 0 Å². The molecule has 0 spiro atoms. The summed E-state index contributed by atoms with van der Waals surface area (Å²) < 4.78 is 0. The summed E-state index contributed by atoms with van der Waals surface area (Å²) in [7, 11) is 0. The van der Waals surface area contributed by atoms with E-state index in [0.29, 0.717) is 6.04 Å². The molecule has 0 bridgehead atoms. The van der Waals surface area contributed by atoms with E-state index >= 15 is 0 Å². The van der Waals surface area contributed by atoms with E-state index in [1.165, 1.54) is 22.4 Å². The van der Waals surface area contributed by atoms with E-state index in [2.05, 4.69) is 60.9 Å². The molecule has 0 aliphatic heterocycles. The zero-order valence-corrected chi connectivity index (χ0v) is 12.7. The van der Waals surface area contributed by atoms with Gasteiger partial charge in [-0.25, -0.2) is 0 Å². The Morgan fingerprint density at radius 3 is 2.58 bits per heavy atom. The third-order valence-electron chi connectivity index (χ3n) is 3.40. The summed E-state index contributed by atoms with van der Waals surface area (Å²) in [6, 6.07) is 13.5. The van der Waals surface area contributed by atoms with Gasteiger partial charge in [-0.3, -0.25) is 0 Å². The lowest BCUT2D eigenvalue weighted by Crippen LogP contribution is -2.24. The first-order chi connectivity index (χ1) is 9.35. The van der Waals surface area contributed by atoms with Gasteiger partial charge in [0.2, 0.25) is 0 Å². The van der Waals surface area contributed by atoms with E-state index < -0.39 is 0 Å². The second kappa shape index (κ2) is 7.46. The highest BCUT2D eigenvalue weighted by Crippen LogP contribution is 2.27. The quantitative estimate of drug-likeness (QED) is 0.777. The highest BCUT2D eigenvalue weighted by Gasteiger charge is 2.15. The van der Waals surface area contributed by atoms with Crippen molar-refractivity contribution in [3.05, 3.63) is 57.8 Å². The first kappa shape index (κ1) is 14.3. The molecule has 0 saturated heterocycles. The summed E-state index contributed by atoms with van der Waals surface area (Å²) in [5, 5.41) is 5.93. The molecule has 1 atom stereocenters. The fraction of sp³-hybridized carbons (Fsp3) is 0.412. The van der Waals surface area contributed by atoms with E-state index in [1.54, 1.807) is 0 Å². The molecule has 19 heavy (non-hydrogen) atoms. The molecule has 1 N–H and O–H groups in total. The Bertz CT molecular complexity index is 475. The first-order valence-corrected chi connectivity index (χ1v) is 8.06. The second-order valence-corrected chi connectivity index (χ2v) is 5.81. The van der Waals surface area contributed by atoms with Gasteiger partial charge in [0.05, 0.1) is 0 Å². The molecule has 1 nitrogen and oxygen atoms in total. The molecule has 0 saturated carbocycles. The van der Waals surface area contributed by atoms with Crippen molar-refractivity contribution in [2.75, 3.05) is 6.54 Å². The van der Waals surface area contributed by atoms with E-state index in [4.69, 9.17) is 0 Å². The van der Waals surface area contributed by atoms with Crippen LogP contribution < -0.4 is 5.32 Å². The Hall–Kier alpha value is -1.12. The predicted molar refractivity (Wildman–Crippen MR) is 84.9 cm³/mol. The molecule has 1 aromatic carbocycles. The number of hydrogen-bond acceptors (Lipinski definition) is 2. The summed E-state index contributed by atoms with van der Waals surface area (Å²) in [5.74, 6) is 0. The molecule has 0 amide bonds. The highest BCUT2D eigenvalue weighted by atomic mass is 32.1. The lowest BCUT2D eigenvalue weighted by atomic mass is 10.0. The lowest BCUT2D eigenvalue weighted by molar-refractivity contribution is 0.533. The molecule has 0 aliphatic carbocycles. The van der Waals surface area contributed by atoms with Crippen LogP contribution in [0.4, 0.5) is 0 Å². The molecule has 0 aliphatic rings. The third-order valence-corrected chi connectivity index (χ3v) is 4.47. The maximum absolute atomic E-state index is 3.71. The van der Waals surface area contributed by atoms with Gasteiger partial charge in [-0.05, 0) is 48.4 Å². The molecule has 0 radical (unpaired) electrons. The number of rotatable bonds is 7. The number of benzene rings is 1. The van der Waals surface area contributed by atoms with Gasteiger partial charge in [0.1, 0.15) is 0 Å². The van der Waals surface area contributed by atoms with Crippen molar-refractivity contribution < 1.29 is 0 Å². The van der Waals surface area contributed by atoms with Gasteiger partial charge >= 0.3 is 0 Å². The zero-order valence-electron chi connectivity index (χ0n) is 11.9. The van der Waals surface area contributed by atoms with Gasteiger partial charge in [0.25, 0.3) is 0 Å². The molecular weight excluding hydrogens is 250 g/mol. The van der Waals surface area contributed by atoms with Crippen LogP contribution in [0.25, 0.3) is 0 Å². The van der Waals surface area contributed by atoms with Crippen LogP contribution in [0.1, 0.15) is 42.3 Å². The van der Waals surface area contributed by atoms with Gasteiger partial charge < -0.3 is 5.32 Å².